The lowest BCUT2D eigenvalue weighted by atomic mass is 9.97. The molecule has 0 saturated carbocycles. The van der Waals surface area contributed by atoms with E-state index in [2.05, 4.69) is 31.3 Å². The second-order valence-electron chi connectivity index (χ2n) is 16.9. The molecule has 2 aliphatic rings. The highest BCUT2D eigenvalue weighted by molar-refractivity contribution is 5.76. The Labute approximate surface area is 360 Å². The maximum atomic E-state index is 13.1. The number of aliphatic hydroxyl groups is 8. The molecule has 2 saturated heterocycles. The molecule has 9 N–H and O–H groups in total. The lowest BCUT2D eigenvalue weighted by Crippen LogP contribution is -2.65. The number of ether oxygens (including phenoxy) is 4. The molecule has 2 fully saturated rings. The number of hydrogen-bond donors (Lipinski definition) is 9. The van der Waals surface area contributed by atoms with E-state index in [0.717, 1.165) is 51.4 Å². The summed E-state index contributed by atoms with van der Waals surface area (Å²) >= 11 is 0. The van der Waals surface area contributed by atoms with Gasteiger partial charge in [0.25, 0.3) is 0 Å². The molecule has 1 amide bonds. The smallest absolute Gasteiger partial charge is 0.220 e. The quantitative estimate of drug-likeness (QED) is 0.0303. The van der Waals surface area contributed by atoms with Crippen LogP contribution in [-0.2, 0) is 23.7 Å². The minimum atomic E-state index is -1.78. The van der Waals surface area contributed by atoms with E-state index >= 15 is 0 Å². The molecule has 0 aromatic carbocycles. The van der Waals surface area contributed by atoms with E-state index in [0.29, 0.717) is 6.42 Å². The summed E-state index contributed by atoms with van der Waals surface area (Å²) in [5, 5.41) is 86.2. The molecule has 2 heterocycles. The number of amides is 1. The number of rotatable bonds is 35. The molecule has 14 nitrogen and oxygen atoms in total. The highest BCUT2D eigenvalue weighted by Crippen LogP contribution is 2.30. The molecule has 0 spiro atoms. The predicted molar refractivity (Wildman–Crippen MR) is 231 cm³/mol. The fourth-order valence-corrected chi connectivity index (χ4v) is 7.70. The van der Waals surface area contributed by atoms with Crippen LogP contribution in [0.1, 0.15) is 168 Å². The zero-order valence-electron chi connectivity index (χ0n) is 36.9. The second kappa shape index (κ2) is 34.0. The van der Waals surface area contributed by atoms with Crippen LogP contribution in [0.2, 0.25) is 0 Å². The standard InChI is InChI=1S/C46H85NO13/c1-3-5-7-9-11-12-13-14-15-16-17-18-19-20-21-22-24-26-28-30-38(51)47-34(35(50)29-27-25-23-10-8-6-4-2)33-57-45-43(56)41(54)44(37(32-49)59-45)60-46-42(55)40(53)39(52)36(31-48)58-46/h14-15,27,29,34-37,39-46,48-50,52-56H,3-13,16-26,28,30-33H2,1-2H3,(H,47,51)/b15-14-,29-27+. The zero-order chi connectivity index (χ0) is 44.0. The van der Waals surface area contributed by atoms with Crippen LogP contribution in [0.4, 0.5) is 0 Å². The van der Waals surface area contributed by atoms with Gasteiger partial charge in [-0.15, -0.1) is 0 Å². The first kappa shape index (κ1) is 54.6. The molecule has 12 atom stereocenters. The van der Waals surface area contributed by atoms with Crippen molar-refractivity contribution in [3.63, 3.8) is 0 Å². The van der Waals surface area contributed by atoms with Gasteiger partial charge in [-0.05, 0) is 44.9 Å². The molecule has 0 aromatic heterocycles. The third-order valence-corrected chi connectivity index (χ3v) is 11.6. The summed E-state index contributed by atoms with van der Waals surface area (Å²) in [5.41, 5.74) is 0. The molecular formula is C46H85NO13. The van der Waals surface area contributed by atoms with Gasteiger partial charge < -0.3 is 65.1 Å². The van der Waals surface area contributed by atoms with Gasteiger partial charge in [-0.2, -0.15) is 0 Å². The number of nitrogens with one attached hydrogen (secondary N) is 1. The van der Waals surface area contributed by atoms with E-state index < -0.39 is 86.8 Å². The average Bonchev–Trinajstić information content (AvgIpc) is 3.24. The molecular weight excluding hydrogens is 774 g/mol. The number of unbranched alkanes of at least 4 members (excludes halogenated alkanes) is 20. The zero-order valence-corrected chi connectivity index (χ0v) is 36.9. The van der Waals surface area contributed by atoms with Crippen LogP contribution in [0.15, 0.2) is 24.3 Å². The Bertz CT molecular complexity index is 1110. The van der Waals surface area contributed by atoms with Crippen molar-refractivity contribution in [1.82, 2.24) is 5.32 Å². The third-order valence-electron chi connectivity index (χ3n) is 11.6. The van der Waals surface area contributed by atoms with E-state index in [1.54, 1.807) is 6.08 Å². The van der Waals surface area contributed by atoms with Crippen molar-refractivity contribution in [2.45, 2.75) is 242 Å². The van der Waals surface area contributed by atoms with Crippen LogP contribution >= 0.6 is 0 Å². The van der Waals surface area contributed by atoms with Gasteiger partial charge in [0.15, 0.2) is 12.6 Å². The van der Waals surface area contributed by atoms with Crippen molar-refractivity contribution in [2.75, 3.05) is 19.8 Å². The fraction of sp³-hybridized carbons (Fsp3) is 0.891. The Morgan fingerprint density at radius 3 is 1.58 bits per heavy atom. The summed E-state index contributed by atoms with van der Waals surface area (Å²) in [5.74, 6) is -0.247. The second-order valence-corrected chi connectivity index (χ2v) is 16.9. The number of carbonyl (C=O) groups is 1. The van der Waals surface area contributed by atoms with Crippen molar-refractivity contribution in [2.24, 2.45) is 0 Å². The van der Waals surface area contributed by atoms with E-state index in [1.165, 1.54) is 89.9 Å². The lowest BCUT2D eigenvalue weighted by Gasteiger charge is -2.46. The van der Waals surface area contributed by atoms with Gasteiger partial charge in [0.05, 0.1) is 32.0 Å². The SMILES string of the molecule is CCCCCCC/C=C/C(O)C(COC1OC(CO)C(OC2OC(CO)C(O)C(O)C2O)C(O)C1O)NC(=O)CCCCCCCCCCC/C=C\CCCCCCCC. The van der Waals surface area contributed by atoms with Gasteiger partial charge in [0.1, 0.15) is 48.8 Å². The van der Waals surface area contributed by atoms with Gasteiger partial charge in [0, 0.05) is 6.42 Å². The van der Waals surface area contributed by atoms with Gasteiger partial charge >= 0.3 is 0 Å². The highest BCUT2D eigenvalue weighted by Gasteiger charge is 2.50. The lowest BCUT2D eigenvalue weighted by molar-refractivity contribution is -0.359. The first-order chi connectivity index (χ1) is 29.1. The van der Waals surface area contributed by atoms with E-state index in [-0.39, 0.29) is 18.9 Å². The maximum Gasteiger partial charge on any atom is 0.220 e. The van der Waals surface area contributed by atoms with Crippen LogP contribution in [0.3, 0.4) is 0 Å². The molecule has 352 valence electrons. The molecule has 0 aliphatic carbocycles. The van der Waals surface area contributed by atoms with Crippen LogP contribution in [0.5, 0.6) is 0 Å². The summed E-state index contributed by atoms with van der Waals surface area (Å²) in [6, 6.07) is -0.909. The maximum absolute atomic E-state index is 13.1. The molecule has 12 unspecified atom stereocenters. The molecule has 0 radical (unpaired) electrons. The molecule has 0 bridgehead atoms. The van der Waals surface area contributed by atoms with Crippen molar-refractivity contribution < 1.29 is 64.6 Å². The van der Waals surface area contributed by atoms with Crippen LogP contribution in [0, 0.1) is 0 Å². The van der Waals surface area contributed by atoms with E-state index in [1.807, 2.05) is 6.08 Å². The van der Waals surface area contributed by atoms with Crippen molar-refractivity contribution in [3.8, 4) is 0 Å². The van der Waals surface area contributed by atoms with Gasteiger partial charge in [-0.25, -0.2) is 0 Å². The van der Waals surface area contributed by atoms with Crippen molar-refractivity contribution in [3.05, 3.63) is 24.3 Å². The monoisotopic (exact) mass is 860 g/mol. The molecule has 60 heavy (non-hydrogen) atoms. The van der Waals surface area contributed by atoms with Gasteiger partial charge in [-0.1, -0.05) is 141 Å². The van der Waals surface area contributed by atoms with Gasteiger partial charge in [-0.3, -0.25) is 4.79 Å². The number of carbonyl (C=O) groups excluding carboxylic acids is 1. The topological polar surface area (TPSA) is 228 Å². The molecule has 2 rings (SSSR count). The summed E-state index contributed by atoms with van der Waals surface area (Å²) in [4.78, 5) is 13.1. The summed E-state index contributed by atoms with van der Waals surface area (Å²) < 4.78 is 22.6. The van der Waals surface area contributed by atoms with Crippen molar-refractivity contribution >= 4 is 5.91 Å². The first-order valence-electron chi connectivity index (χ1n) is 23.6. The predicted octanol–water partition coefficient (Wildman–Crippen LogP) is 4.99. The van der Waals surface area contributed by atoms with Crippen molar-refractivity contribution in [1.29, 1.82) is 0 Å². The van der Waals surface area contributed by atoms with E-state index in [9.17, 15) is 45.6 Å². The number of allylic oxidation sites excluding steroid dienone is 3. The summed E-state index contributed by atoms with van der Waals surface area (Å²) in [6.07, 6.45) is 18.3. The van der Waals surface area contributed by atoms with E-state index in [4.69, 9.17) is 18.9 Å². The fourth-order valence-electron chi connectivity index (χ4n) is 7.70. The Balaban J connectivity index is 1.79. The Kier molecular flexibility index (Phi) is 30.9. The summed E-state index contributed by atoms with van der Waals surface area (Å²) in [7, 11) is 0. The number of aliphatic hydroxyl groups excluding tert-OH is 8. The van der Waals surface area contributed by atoms with Crippen LogP contribution < -0.4 is 5.32 Å². The molecule has 0 aromatic rings. The Morgan fingerprint density at radius 2 is 1.05 bits per heavy atom. The van der Waals surface area contributed by atoms with Crippen LogP contribution in [-0.4, -0.2) is 140 Å². The third kappa shape index (κ3) is 21.7. The Hall–Kier alpha value is -1.53. The van der Waals surface area contributed by atoms with Gasteiger partial charge in [0.2, 0.25) is 5.91 Å². The summed E-state index contributed by atoms with van der Waals surface area (Å²) in [6.45, 7) is 2.70. The minimum Gasteiger partial charge on any atom is -0.394 e. The van der Waals surface area contributed by atoms with Crippen LogP contribution in [0.25, 0.3) is 0 Å². The molecule has 2 aliphatic heterocycles. The Morgan fingerprint density at radius 1 is 0.583 bits per heavy atom. The first-order valence-corrected chi connectivity index (χ1v) is 23.6. The average molecular weight is 860 g/mol. The highest BCUT2D eigenvalue weighted by atomic mass is 16.7. The number of hydrogen-bond acceptors (Lipinski definition) is 13. The largest absolute Gasteiger partial charge is 0.394 e. The normalized spacial score (nSPS) is 28.4. The molecule has 14 heteroatoms. The minimum absolute atomic E-state index is 0.247.